The first-order valence-corrected chi connectivity index (χ1v) is 11.3. The molecule has 0 amide bonds. The van der Waals surface area contributed by atoms with Gasteiger partial charge in [-0.05, 0) is 42.2 Å². The van der Waals surface area contributed by atoms with Gasteiger partial charge in [0, 0.05) is 10.9 Å². The molecule has 0 fully saturated rings. The van der Waals surface area contributed by atoms with Crippen LogP contribution in [0.1, 0.15) is 76.5 Å². The molecule has 1 N–H and O–H groups in total. The zero-order chi connectivity index (χ0) is 18.6. The van der Waals surface area contributed by atoms with Crippen molar-refractivity contribution in [2.24, 2.45) is 0 Å². The second-order valence-electron chi connectivity index (χ2n) is 7.00. The third kappa shape index (κ3) is 6.48. The highest BCUT2D eigenvalue weighted by atomic mass is 32.2. The Hall–Kier alpha value is -1.25. The van der Waals surface area contributed by atoms with Crippen molar-refractivity contribution in [3.8, 4) is 0 Å². The fourth-order valence-electron chi connectivity index (χ4n) is 3.28. The lowest BCUT2D eigenvalue weighted by Crippen LogP contribution is -2.33. The van der Waals surface area contributed by atoms with E-state index in [1.54, 1.807) is 0 Å². The maximum absolute atomic E-state index is 3.99. The average Bonchev–Trinajstić information content (AvgIpc) is 2.70. The Bertz CT molecular complexity index is 611. The Morgan fingerprint density at radius 3 is 2.23 bits per heavy atom. The third-order valence-corrected chi connectivity index (χ3v) is 6.10. The molecule has 2 atom stereocenters. The molecule has 0 radical (unpaired) electrons. The van der Waals surface area contributed by atoms with E-state index in [1.165, 1.54) is 60.3 Å². The van der Waals surface area contributed by atoms with E-state index in [4.69, 9.17) is 0 Å². The first-order valence-electron chi connectivity index (χ1n) is 10.3. The lowest BCUT2D eigenvalue weighted by Gasteiger charge is -2.27. The van der Waals surface area contributed by atoms with Crippen LogP contribution in [0.3, 0.4) is 0 Å². The maximum Gasteiger partial charge on any atom is 0.0589 e. The lowest BCUT2D eigenvalue weighted by atomic mass is 9.96. The molecule has 2 unspecified atom stereocenters. The van der Waals surface area contributed by atoms with Gasteiger partial charge in [0.1, 0.15) is 0 Å². The maximum atomic E-state index is 3.99. The van der Waals surface area contributed by atoms with Gasteiger partial charge in [0.25, 0.3) is 0 Å². The van der Waals surface area contributed by atoms with Crippen LogP contribution in [0.25, 0.3) is 0 Å². The minimum absolute atomic E-state index is 0.267. The normalized spacial score (nSPS) is 13.5. The van der Waals surface area contributed by atoms with E-state index in [1.807, 2.05) is 11.8 Å². The average molecular weight is 370 g/mol. The highest BCUT2D eigenvalue weighted by molar-refractivity contribution is 7.99. The van der Waals surface area contributed by atoms with Crippen LogP contribution in [0.2, 0.25) is 0 Å². The van der Waals surface area contributed by atoms with Crippen LogP contribution < -0.4 is 5.32 Å². The smallest absolute Gasteiger partial charge is 0.0589 e. The lowest BCUT2D eigenvalue weighted by molar-refractivity contribution is 0.420. The number of hydrogen-bond acceptors (Lipinski definition) is 2. The van der Waals surface area contributed by atoms with Crippen molar-refractivity contribution in [1.29, 1.82) is 0 Å². The Kier molecular flexibility index (Phi) is 9.87. The SMILES string of the molecule is CCCCSc1ccccc1C(NC(CC)CCCC)c1ccccc1. The highest BCUT2D eigenvalue weighted by Crippen LogP contribution is 2.32. The van der Waals surface area contributed by atoms with E-state index >= 15 is 0 Å². The Morgan fingerprint density at radius 2 is 1.54 bits per heavy atom. The Labute approximate surface area is 165 Å². The summed E-state index contributed by atoms with van der Waals surface area (Å²) in [6, 6.07) is 20.7. The van der Waals surface area contributed by atoms with Gasteiger partial charge in [0.05, 0.1) is 6.04 Å². The molecule has 2 aromatic rings. The number of unbranched alkanes of at least 4 members (excludes halogenated alkanes) is 2. The summed E-state index contributed by atoms with van der Waals surface area (Å²) in [6.45, 7) is 6.85. The molecule has 142 valence electrons. The first-order chi connectivity index (χ1) is 12.8. The molecule has 0 aliphatic heterocycles. The molecule has 0 spiro atoms. The largest absolute Gasteiger partial charge is 0.303 e. The van der Waals surface area contributed by atoms with Crippen molar-refractivity contribution in [3.05, 3.63) is 65.7 Å². The molecule has 0 bridgehead atoms. The van der Waals surface area contributed by atoms with Gasteiger partial charge in [0.15, 0.2) is 0 Å². The number of hydrogen-bond donors (Lipinski definition) is 1. The summed E-state index contributed by atoms with van der Waals surface area (Å²) in [5.74, 6) is 1.20. The van der Waals surface area contributed by atoms with Gasteiger partial charge in [-0.1, -0.05) is 88.6 Å². The van der Waals surface area contributed by atoms with Crippen LogP contribution in [0.4, 0.5) is 0 Å². The number of rotatable bonds is 12. The molecule has 0 aromatic heterocycles. The number of thioether (sulfide) groups is 1. The summed E-state index contributed by atoms with van der Waals surface area (Å²) in [7, 11) is 0. The van der Waals surface area contributed by atoms with Crippen LogP contribution in [0, 0.1) is 0 Å². The summed E-state index contributed by atoms with van der Waals surface area (Å²) in [6.07, 6.45) is 7.51. The molecule has 2 aromatic carbocycles. The molecule has 0 aliphatic carbocycles. The third-order valence-electron chi connectivity index (χ3n) is 4.92. The van der Waals surface area contributed by atoms with Crippen LogP contribution in [0.5, 0.6) is 0 Å². The van der Waals surface area contributed by atoms with E-state index in [2.05, 4.69) is 80.7 Å². The van der Waals surface area contributed by atoms with Crippen molar-refractivity contribution >= 4 is 11.8 Å². The Balaban J connectivity index is 2.29. The molecule has 2 rings (SSSR count). The fourth-order valence-corrected chi connectivity index (χ4v) is 4.46. The van der Waals surface area contributed by atoms with E-state index in [9.17, 15) is 0 Å². The van der Waals surface area contributed by atoms with E-state index in [0.29, 0.717) is 6.04 Å². The molecular weight excluding hydrogens is 334 g/mol. The summed E-state index contributed by atoms with van der Waals surface area (Å²) in [4.78, 5) is 1.42. The second-order valence-corrected chi connectivity index (χ2v) is 8.13. The van der Waals surface area contributed by atoms with Crippen LogP contribution in [0.15, 0.2) is 59.5 Å². The van der Waals surface area contributed by atoms with Crippen molar-refractivity contribution in [2.75, 3.05) is 5.75 Å². The van der Waals surface area contributed by atoms with Crippen molar-refractivity contribution < 1.29 is 0 Å². The van der Waals surface area contributed by atoms with Gasteiger partial charge in [0.2, 0.25) is 0 Å². The molecule has 0 saturated heterocycles. The van der Waals surface area contributed by atoms with Gasteiger partial charge in [-0.3, -0.25) is 0 Å². The van der Waals surface area contributed by atoms with Gasteiger partial charge < -0.3 is 5.32 Å². The van der Waals surface area contributed by atoms with E-state index in [-0.39, 0.29) is 6.04 Å². The number of benzene rings is 2. The summed E-state index contributed by atoms with van der Waals surface area (Å²) >= 11 is 2.01. The van der Waals surface area contributed by atoms with Crippen molar-refractivity contribution in [1.82, 2.24) is 5.32 Å². The highest BCUT2D eigenvalue weighted by Gasteiger charge is 2.20. The van der Waals surface area contributed by atoms with Crippen LogP contribution >= 0.6 is 11.8 Å². The minimum Gasteiger partial charge on any atom is -0.303 e. The number of nitrogens with one attached hydrogen (secondary N) is 1. The molecular formula is C24H35NS. The predicted octanol–water partition coefficient (Wildman–Crippen LogP) is 7.23. The van der Waals surface area contributed by atoms with Gasteiger partial charge in [-0.15, -0.1) is 11.8 Å². The molecule has 1 nitrogen and oxygen atoms in total. The monoisotopic (exact) mass is 369 g/mol. The minimum atomic E-state index is 0.267. The molecule has 0 saturated carbocycles. The van der Waals surface area contributed by atoms with Gasteiger partial charge in [-0.2, -0.15) is 0 Å². The quantitative estimate of drug-likeness (QED) is 0.313. The zero-order valence-corrected chi connectivity index (χ0v) is 17.5. The summed E-state index contributed by atoms with van der Waals surface area (Å²) in [5, 5.41) is 3.99. The predicted molar refractivity (Wildman–Crippen MR) is 117 cm³/mol. The Morgan fingerprint density at radius 1 is 0.846 bits per heavy atom. The fraction of sp³-hybridized carbons (Fsp3) is 0.500. The van der Waals surface area contributed by atoms with Crippen molar-refractivity contribution in [3.63, 3.8) is 0 Å². The standard InChI is InChI=1S/C24H35NS/c1-4-7-16-21(6-3)25-24(20-14-10-9-11-15-20)22-17-12-13-18-23(22)26-19-8-5-2/h9-15,17-18,21,24-25H,4-8,16,19H2,1-3H3. The van der Waals surface area contributed by atoms with Crippen LogP contribution in [-0.2, 0) is 0 Å². The zero-order valence-electron chi connectivity index (χ0n) is 16.7. The summed E-state index contributed by atoms with van der Waals surface area (Å²) < 4.78 is 0. The van der Waals surface area contributed by atoms with Crippen molar-refractivity contribution in [2.45, 2.75) is 76.3 Å². The summed E-state index contributed by atoms with van der Waals surface area (Å²) in [5.41, 5.74) is 2.79. The molecule has 0 heterocycles. The first kappa shape index (κ1) is 21.1. The second kappa shape index (κ2) is 12.2. The topological polar surface area (TPSA) is 12.0 Å². The van der Waals surface area contributed by atoms with Gasteiger partial charge >= 0.3 is 0 Å². The molecule has 26 heavy (non-hydrogen) atoms. The van der Waals surface area contributed by atoms with Crippen LogP contribution in [-0.4, -0.2) is 11.8 Å². The van der Waals surface area contributed by atoms with Gasteiger partial charge in [-0.25, -0.2) is 0 Å². The van der Waals surface area contributed by atoms with E-state index in [0.717, 1.165) is 0 Å². The molecule has 0 aliphatic rings. The molecule has 2 heteroatoms. The van der Waals surface area contributed by atoms with E-state index < -0.39 is 0 Å².